The molecule has 0 radical (unpaired) electrons. The van der Waals surface area contributed by atoms with E-state index in [0.29, 0.717) is 50.5 Å². The van der Waals surface area contributed by atoms with E-state index in [0.717, 1.165) is 0 Å². The van der Waals surface area contributed by atoms with Crippen LogP contribution in [0.5, 0.6) is 28.7 Å². The van der Waals surface area contributed by atoms with Crippen LogP contribution in [0.15, 0.2) is 30.3 Å². The quantitative estimate of drug-likeness (QED) is 0.329. The fraction of sp³-hybridized carbons (Fsp3) is 0.370. The van der Waals surface area contributed by atoms with Gasteiger partial charge in [0.05, 0.1) is 26.4 Å². The van der Waals surface area contributed by atoms with Crippen LogP contribution in [0.3, 0.4) is 0 Å². The standard InChI is InChI=1S/C27H26O12/c1-33-16-6-12-13(7-17(16)34-2)25(39-27-24(31)23(30)22(29)19(8-28)38-27)14-9-35-26(32)21(14)20(12)11-3-4-15-18(5-11)37-10-36-15/h3-7,19,22-24,27-31H,8-10H2,1-2H3/t19-,22-,23+,24-,27?/m1/s1. The van der Waals surface area contributed by atoms with Crippen molar-refractivity contribution in [3.8, 4) is 39.9 Å². The first-order valence-electron chi connectivity index (χ1n) is 12.1. The molecule has 3 heterocycles. The van der Waals surface area contributed by atoms with Crippen molar-refractivity contribution in [1.29, 1.82) is 0 Å². The third-order valence-electron chi connectivity index (χ3n) is 7.16. The summed E-state index contributed by atoms with van der Waals surface area (Å²) in [5.41, 5.74) is 1.78. The molecule has 0 saturated carbocycles. The molecule has 4 N–H and O–H groups in total. The van der Waals surface area contributed by atoms with Gasteiger partial charge in [-0.05, 0) is 35.2 Å². The Balaban J connectivity index is 1.59. The number of hydrogen-bond acceptors (Lipinski definition) is 12. The Labute approximate surface area is 221 Å². The normalized spacial score (nSPS) is 25.4. The Morgan fingerprint density at radius 1 is 0.872 bits per heavy atom. The van der Waals surface area contributed by atoms with Gasteiger partial charge in [-0.1, -0.05) is 6.07 Å². The van der Waals surface area contributed by atoms with Gasteiger partial charge in [0.1, 0.15) is 36.8 Å². The van der Waals surface area contributed by atoms with Crippen LogP contribution in [0.2, 0.25) is 0 Å². The highest BCUT2D eigenvalue weighted by atomic mass is 16.7. The van der Waals surface area contributed by atoms with E-state index in [9.17, 15) is 25.2 Å². The Morgan fingerprint density at radius 3 is 2.31 bits per heavy atom. The Bertz CT molecular complexity index is 1450. The van der Waals surface area contributed by atoms with Crippen molar-refractivity contribution in [3.63, 3.8) is 0 Å². The van der Waals surface area contributed by atoms with Gasteiger partial charge in [-0.15, -0.1) is 0 Å². The molecular weight excluding hydrogens is 516 g/mol. The van der Waals surface area contributed by atoms with E-state index in [1.54, 1.807) is 30.3 Å². The zero-order valence-corrected chi connectivity index (χ0v) is 20.9. The number of benzene rings is 3. The van der Waals surface area contributed by atoms with Crippen LogP contribution in [0.4, 0.5) is 0 Å². The summed E-state index contributed by atoms with van der Waals surface area (Å²) in [6.45, 7) is -0.682. The van der Waals surface area contributed by atoms with Gasteiger partial charge >= 0.3 is 5.97 Å². The minimum atomic E-state index is -1.67. The molecule has 0 bridgehead atoms. The number of aliphatic hydroxyl groups is 4. The van der Waals surface area contributed by atoms with E-state index in [1.807, 2.05) is 0 Å². The summed E-state index contributed by atoms with van der Waals surface area (Å²) in [5, 5.41) is 41.8. The molecule has 206 valence electrons. The van der Waals surface area contributed by atoms with E-state index in [2.05, 4.69) is 0 Å². The highest BCUT2D eigenvalue weighted by Crippen LogP contribution is 2.49. The van der Waals surface area contributed by atoms with Gasteiger partial charge in [0.25, 0.3) is 0 Å². The second-order valence-corrected chi connectivity index (χ2v) is 9.27. The molecule has 3 aromatic rings. The summed E-state index contributed by atoms with van der Waals surface area (Å²) in [7, 11) is 2.96. The minimum absolute atomic E-state index is 0.0799. The van der Waals surface area contributed by atoms with Crippen molar-refractivity contribution < 1.29 is 58.4 Å². The summed E-state index contributed by atoms with van der Waals surface area (Å²) in [6.07, 6.45) is -7.56. The predicted octanol–water partition coefficient (Wildman–Crippen LogP) is 1.10. The van der Waals surface area contributed by atoms with E-state index >= 15 is 0 Å². The summed E-state index contributed by atoms with van der Waals surface area (Å²) in [6, 6.07) is 8.66. The Kier molecular flexibility index (Phi) is 6.36. The molecule has 12 heteroatoms. The SMILES string of the molecule is COc1cc2c(OC3O[C@H](CO)[C@@H](O)[C@H](O)[C@H]3O)c3c(c(-c4ccc5c(c4)OCO5)c2cc1OC)C(=O)OC3. The van der Waals surface area contributed by atoms with Crippen molar-refractivity contribution in [2.45, 2.75) is 37.3 Å². The number of fused-ring (bicyclic) bond motifs is 3. The number of esters is 1. The largest absolute Gasteiger partial charge is 0.493 e. The van der Waals surface area contributed by atoms with Crippen LogP contribution in [0.1, 0.15) is 15.9 Å². The van der Waals surface area contributed by atoms with Gasteiger partial charge in [0.2, 0.25) is 13.1 Å². The third-order valence-corrected chi connectivity index (χ3v) is 7.16. The molecule has 1 unspecified atom stereocenters. The highest BCUT2D eigenvalue weighted by Gasteiger charge is 2.45. The van der Waals surface area contributed by atoms with Crippen molar-refractivity contribution in [1.82, 2.24) is 0 Å². The first-order chi connectivity index (χ1) is 18.9. The van der Waals surface area contributed by atoms with Crippen LogP contribution in [0, 0.1) is 0 Å². The number of cyclic esters (lactones) is 1. The number of methoxy groups -OCH3 is 2. The molecule has 5 atom stereocenters. The fourth-order valence-corrected chi connectivity index (χ4v) is 5.18. The average molecular weight is 542 g/mol. The molecule has 12 nitrogen and oxygen atoms in total. The number of aliphatic hydroxyl groups excluding tert-OH is 4. The van der Waals surface area contributed by atoms with Crippen LogP contribution in [-0.4, -0.2) is 84.7 Å². The van der Waals surface area contributed by atoms with Gasteiger partial charge in [-0.25, -0.2) is 4.79 Å². The maximum Gasteiger partial charge on any atom is 0.339 e. The first-order valence-corrected chi connectivity index (χ1v) is 12.1. The van der Waals surface area contributed by atoms with E-state index in [-0.39, 0.29) is 24.7 Å². The lowest BCUT2D eigenvalue weighted by Gasteiger charge is -2.39. The van der Waals surface area contributed by atoms with Crippen molar-refractivity contribution in [2.75, 3.05) is 27.6 Å². The topological polar surface area (TPSA) is 163 Å². The van der Waals surface area contributed by atoms with Crippen LogP contribution in [0.25, 0.3) is 21.9 Å². The average Bonchev–Trinajstić information content (AvgIpc) is 3.58. The predicted molar refractivity (Wildman–Crippen MR) is 132 cm³/mol. The molecule has 0 amide bonds. The lowest BCUT2D eigenvalue weighted by Crippen LogP contribution is -2.60. The highest BCUT2D eigenvalue weighted by molar-refractivity contribution is 6.14. The molecule has 6 rings (SSSR count). The van der Waals surface area contributed by atoms with Crippen LogP contribution in [-0.2, 0) is 16.1 Å². The Hall–Kier alpha value is -3.81. The zero-order valence-electron chi connectivity index (χ0n) is 20.9. The monoisotopic (exact) mass is 542 g/mol. The molecule has 1 fully saturated rings. The number of ether oxygens (including phenoxy) is 7. The molecule has 0 aromatic heterocycles. The number of carbonyl (C=O) groups excluding carboxylic acids is 1. The van der Waals surface area contributed by atoms with E-state index in [1.165, 1.54) is 14.2 Å². The molecule has 3 aliphatic rings. The summed E-state index contributed by atoms with van der Waals surface area (Å²) in [5.74, 6) is 1.39. The summed E-state index contributed by atoms with van der Waals surface area (Å²) < 4.78 is 39.2. The number of hydrogen-bond donors (Lipinski definition) is 4. The molecule has 3 aromatic carbocycles. The molecule has 3 aliphatic heterocycles. The minimum Gasteiger partial charge on any atom is -0.493 e. The molecule has 0 aliphatic carbocycles. The summed E-state index contributed by atoms with van der Waals surface area (Å²) in [4.78, 5) is 13.1. The van der Waals surface area contributed by atoms with Gasteiger partial charge in [-0.2, -0.15) is 0 Å². The second-order valence-electron chi connectivity index (χ2n) is 9.27. The van der Waals surface area contributed by atoms with Crippen LogP contribution < -0.4 is 23.7 Å². The molecule has 1 saturated heterocycles. The third kappa shape index (κ3) is 3.99. The lowest BCUT2D eigenvalue weighted by molar-refractivity contribution is -0.277. The maximum atomic E-state index is 13.1. The molecular formula is C27H26O12. The van der Waals surface area contributed by atoms with Crippen molar-refractivity contribution >= 4 is 16.7 Å². The second kappa shape index (κ2) is 9.74. The van der Waals surface area contributed by atoms with Crippen molar-refractivity contribution in [2.24, 2.45) is 0 Å². The molecule has 39 heavy (non-hydrogen) atoms. The van der Waals surface area contributed by atoms with Gasteiger partial charge < -0.3 is 53.6 Å². The number of rotatable bonds is 6. The number of carbonyl (C=O) groups is 1. The van der Waals surface area contributed by atoms with E-state index in [4.69, 9.17) is 33.2 Å². The first kappa shape index (κ1) is 25.5. The zero-order chi connectivity index (χ0) is 27.4. The van der Waals surface area contributed by atoms with Gasteiger partial charge in [0.15, 0.2) is 23.0 Å². The van der Waals surface area contributed by atoms with Gasteiger partial charge in [-0.3, -0.25) is 0 Å². The van der Waals surface area contributed by atoms with Gasteiger partial charge in [0, 0.05) is 16.5 Å². The Morgan fingerprint density at radius 2 is 1.59 bits per heavy atom. The van der Waals surface area contributed by atoms with E-state index < -0.39 is 43.3 Å². The molecule has 0 spiro atoms. The lowest BCUT2D eigenvalue weighted by atomic mass is 9.89. The van der Waals surface area contributed by atoms with Crippen LogP contribution >= 0.6 is 0 Å². The fourth-order valence-electron chi connectivity index (χ4n) is 5.18. The van der Waals surface area contributed by atoms with Crippen molar-refractivity contribution in [3.05, 3.63) is 41.5 Å². The maximum absolute atomic E-state index is 13.1. The smallest absolute Gasteiger partial charge is 0.339 e. The summed E-state index contributed by atoms with van der Waals surface area (Å²) >= 11 is 0.